The Morgan fingerprint density at radius 1 is 0.765 bits per heavy atom. The zero-order chi connectivity index (χ0) is 24.4. The molecule has 0 aliphatic carbocycles. The van der Waals surface area contributed by atoms with Crippen LogP contribution in [-0.4, -0.2) is 31.5 Å². The van der Waals surface area contributed by atoms with E-state index in [1.807, 2.05) is 91.0 Å². The standard InChI is InChI=1S/C28H32O5S/c1-28(2,22-32-19-24-14-8-4-9-15-24)34(30,31)21-26(18-23-12-6-3-7-13-23)27(29)33-20-25-16-10-5-11-17-25/h3-17,26H,18-22H2,1-2H3. The van der Waals surface area contributed by atoms with E-state index in [2.05, 4.69) is 0 Å². The van der Waals surface area contributed by atoms with Gasteiger partial charge in [-0.1, -0.05) is 91.0 Å². The van der Waals surface area contributed by atoms with Crippen molar-refractivity contribution < 1.29 is 22.7 Å². The molecule has 3 aromatic carbocycles. The van der Waals surface area contributed by atoms with Crippen molar-refractivity contribution in [1.82, 2.24) is 0 Å². The van der Waals surface area contributed by atoms with Crippen molar-refractivity contribution in [3.8, 4) is 0 Å². The molecule has 0 saturated carbocycles. The summed E-state index contributed by atoms with van der Waals surface area (Å²) in [7, 11) is -3.69. The van der Waals surface area contributed by atoms with E-state index in [0.29, 0.717) is 6.61 Å². The van der Waals surface area contributed by atoms with Gasteiger partial charge in [-0.25, -0.2) is 8.42 Å². The van der Waals surface area contributed by atoms with E-state index in [4.69, 9.17) is 9.47 Å². The van der Waals surface area contributed by atoms with Crippen molar-refractivity contribution >= 4 is 15.8 Å². The smallest absolute Gasteiger partial charge is 0.310 e. The van der Waals surface area contributed by atoms with Crippen molar-refractivity contribution in [3.05, 3.63) is 108 Å². The zero-order valence-electron chi connectivity index (χ0n) is 19.7. The first-order valence-corrected chi connectivity index (χ1v) is 13.0. The lowest BCUT2D eigenvalue weighted by molar-refractivity contribution is -0.149. The molecular formula is C28H32O5S. The van der Waals surface area contributed by atoms with Gasteiger partial charge in [-0.15, -0.1) is 0 Å². The Morgan fingerprint density at radius 2 is 1.24 bits per heavy atom. The van der Waals surface area contributed by atoms with Crippen molar-refractivity contribution in [2.24, 2.45) is 5.92 Å². The topological polar surface area (TPSA) is 69.7 Å². The van der Waals surface area contributed by atoms with Crippen LogP contribution in [0.2, 0.25) is 0 Å². The van der Waals surface area contributed by atoms with E-state index in [9.17, 15) is 13.2 Å². The number of benzene rings is 3. The number of hydrogen-bond acceptors (Lipinski definition) is 5. The Balaban J connectivity index is 1.68. The molecule has 0 bridgehead atoms. The van der Waals surface area contributed by atoms with Gasteiger partial charge in [0.25, 0.3) is 0 Å². The number of sulfone groups is 1. The minimum absolute atomic E-state index is 0.0291. The molecule has 0 radical (unpaired) electrons. The van der Waals surface area contributed by atoms with Gasteiger partial charge in [-0.3, -0.25) is 4.79 Å². The lowest BCUT2D eigenvalue weighted by atomic mass is 10.0. The first kappa shape index (κ1) is 25.7. The van der Waals surface area contributed by atoms with Crippen LogP contribution in [0.15, 0.2) is 91.0 Å². The van der Waals surface area contributed by atoms with E-state index in [0.717, 1.165) is 16.7 Å². The van der Waals surface area contributed by atoms with E-state index < -0.39 is 26.5 Å². The third-order valence-electron chi connectivity index (χ3n) is 5.71. The molecule has 3 aromatic rings. The molecule has 1 atom stereocenters. The highest BCUT2D eigenvalue weighted by atomic mass is 32.2. The summed E-state index contributed by atoms with van der Waals surface area (Å²) in [6, 6.07) is 28.4. The maximum absolute atomic E-state index is 13.4. The van der Waals surface area contributed by atoms with Gasteiger partial charge in [-0.05, 0) is 37.0 Å². The third-order valence-corrected chi connectivity index (χ3v) is 8.35. The first-order valence-electron chi connectivity index (χ1n) is 11.4. The Kier molecular flexibility index (Phi) is 9.02. The minimum atomic E-state index is -3.69. The number of ether oxygens (including phenoxy) is 2. The molecule has 180 valence electrons. The highest BCUT2D eigenvalue weighted by molar-refractivity contribution is 7.92. The fourth-order valence-electron chi connectivity index (χ4n) is 3.52. The van der Waals surface area contributed by atoms with Gasteiger partial charge in [0.05, 0.1) is 29.6 Å². The summed E-state index contributed by atoms with van der Waals surface area (Å²) >= 11 is 0. The predicted octanol–water partition coefficient (Wildman–Crippen LogP) is 5.00. The summed E-state index contributed by atoms with van der Waals surface area (Å²) in [4.78, 5) is 13.0. The summed E-state index contributed by atoms with van der Waals surface area (Å²) in [5.41, 5.74) is 2.71. The SMILES string of the molecule is CC(C)(COCc1ccccc1)S(=O)(=O)CC(Cc1ccccc1)C(=O)OCc1ccccc1. The second-order valence-electron chi connectivity index (χ2n) is 9.00. The van der Waals surface area contributed by atoms with Gasteiger partial charge < -0.3 is 9.47 Å². The molecule has 0 amide bonds. The predicted molar refractivity (Wildman–Crippen MR) is 134 cm³/mol. The number of carbonyl (C=O) groups excluding carboxylic acids is 1. The fraction of sp³-hybridized carbons (Fsp3) is 0.321. The van der Waals surface area contributed by atoms with E-state index in [1.54, 1.807) is 13.8 Å². The average Bonchev–Trinajstić information content (AvgIpc) is 2.84. The Hall–Kier alpha value is -2.96. The van der Waals surface area contributed by atoms with Crippen LogP contribution in [-0.2, 0) is 43.7 Å². The molecule has 34 heavy (non-hydrogen) atoms. The maximum atomic E-state index is 13.4. The summed E-state index contributed by atoms with van der Waals surface area (Å²) in [5, 5.41) is 0. The Bertz CT molecular complexity index is 1130. The molecule has 0 N–H and O–H groups in total. The summed E-state index contributed by atoms with van der Waals surface area (Å²) < 4.78 is 36.9. The van der Waals surface area contributed by atoms with Crippen LogP contribution in [0.4, 0.5) is 0 Å². The van der Waals surface area contributed by atoms with Crippen molar-refractivity contribution in [2.45, 2.75) is 38.2 Å². The first-order chi connectivity index (χ1) is 16.3. The van der Waals surface area contributed by atoms with E-state index >= 15 is 0 Å². The van der Waals surface area contributed by atoms with Crippen molar-refractivity contribution in [1.29, 1.82) is 0 Å². The summed E-state index contributed by atoms with van der Waals surface area (Å²) in [6.45, 7) is 3.74. The van der Waals surface area contributed by atoms with Gasteiger partial charge in [0.2, 0.25) is 0 Å². The lowest BCUT2D eigenvalue weighted by Gasteiger charge is -2.27. The molecule has 3 rings (SSSR count). The number of rotatable bonds is 12. The lowest BCUT2D eigenvalue weighted by Crippen LogP contribution is -2.42. The van der Waals surface area contributed by atoms with Crippen LogP contribution >= 0.6 is 0 Å². The van der Waals surface area contributed by atoms with E-state index in [-0.39, 0.29) is 25.4 Å². The molecule has 0 heterocycles. The van der Waals surface area contributed by atoms with Crippen LogP contribution in [0.25, 0.3) is 0 Å². The molecular weight excluding hydrogens is 448 g/mol. The van der Waals surface area contributed by atoms with Gasteiger partial charge >= 0.3 is 5.97 Å². The minimum Gasteiger partial charge on any atom is -0.461 e. The van der Waals surface area contributed by atoms with Crippen LogP contribution in [0.5, 0.6) is 0 Å². The largest absolute Gasteiger partial charge is 0.461 e. The highest BCUT2D eigenvalue weighted by Crippen LogP contribution is 2.24. The third kappa shape index (κ3) is 7.54. The number of carbonyl (C=O) groups is 1. The van der Waals surface area contributed by atoms with Crippen LogP contribution in [0.1, 0.15) is 30.5 Å². The molecule has 0 aliphatic rings. The molecule has 0 spiro atoms. The highest BCUT2D eigenvalue weighted by Gasteiger charge is 2.38. The number of esters is 1. The van der Waals surface area contributed by atoms with Gasteiger partial charge in [0.1, 0.15) is 6.61 Å². The molecule has 1 unspecified atom stereocenters. The van der Waals surface area contributed by atoms with Crippen molar-refractivity contribution in [3.63, 3.8) is 0 Å². The normalized spacial score (nSPS) is 12.8. The molecule has 0 fully saturated rings. The van der Waals surface area contributed by atoms with Gasteiger partial charge in [-0.2, -0.15) is 0 Å². The molecule has 0 saturated heterocycles. The Morgan fingerprint density at radius 3 is 1.76 bits per heavy atom. The van der Waals surface area contributed by atoms with Crippen LogP contribution in [0.3, 0.4) is 0 Å². The second-order valence-corrected chi connectivity index (χ2v) is 11.7. The maximum Gasteiger partial charge on any atom is 0.310 e. The van der Waals surface area contributed by atoms with Crippen LogP contribution in [0, 0.1) is 5.92 Å². The van der Waals surface area contributed by atoms with Crippen LogP contribution < -0.4 is 0 Å². The van der Waals surface area contributed by atoms with Gasteiger partial charge in [0, 0.05) is 0 Å². The number of hydrogen-bond donors (Lipinski definition) is 0. The summed E-state index contributed by atoms with van der Waals surface area (Å²) in [5.74, 6) is -1.64. The second kappa shape index (κ2) is 12.0. The summed E-state index contributed by atoms with van der Waals surface area (Å²) in [6.07, 6.45) is 0.286. The quantitative estimate of drug-likeness (QED) is 0.341. The molecule has 0 aliphatic heterocycles. The molecule has 5 nitrogen and oxygen atoms in total. The van der Waals surface area contributed by atoms with Gasteiger partial charge in [0.15, 0.2) is 9.84 Å². The Labute approximate surface area is 202 Å². The monoisotopic (exact) mass is 480 g/mol. The molecule has 0 aromatic heterocycles. The average molecular weight is 481 g/mol. The fourth-order valence-corrected chi connectivity index (χ4v) is 5.02. The zero-order valence-corrected chi connectivity index (χ0v) is 20.5. The molecule has 6 heteroatoms. The van der Waals surface area contributed by atoms with E-state index in [1.165, 1.54) is 0 Å². The van der Waals surface area contributed by atoms with Crippen molar-refractivity contribution in [2.75, 3.05) is 12.4 Å².